The average Bonchev–Trinajstić information content (AvgIpc) is 1.89. The summed E-state index contributed by atoms with van der Waals surface area (Å²) in [5.41, 5.74) is 4.79. The van der Waals surface area contributed by atoms with Gasteiger partial charge in [-0.05, 0) is 6.92 Å². The zero-order chi connectivity index (χ0) is 8.57. The molecule has 0 amide bonds. The van der Waals surface area contributed by atoms with Gasteiger partial charge in [-0.1, -0.05) is 11.1 Å². The third-order valence-electron chi connectivity index (χ3n) is 0.369. The second kappa shape index (κ2) is 7.99. The molecule has 0 rings (SSSR count). The highest BCUT2D eigenvalue weighted by Gasteiger charge is 1.92. The number of amidine groups is 1. The highest BCUT2D eigenvalue weighted by Crippen LogP contribution is 1.60. The maximum Gasteiger partial charge on any atom is 0.480 e. The number of hydrogen-bond acceptors (Lipinski definition) is 4. The van der Waals surface area contributed by atoms with Gasteiger partial charge in [0.2, 0.25) is 0 Å². The van der Waals surface area contributed by atoms with E-state index in [0.717, 1.165) is 5.98 Å². The van der Waals surface area contributed by atoms with Crippen LogP contribution in [0.2, 0.25) is 0 Å². The van der Waals surface area contributed by atoms with Crippen molar-refractivity contribution in [3.05, 3.63) is 12.6 Å². The van der Waals surface area contributed by atoms with E-state index >= 15 is 0 Å². The van der Waals surface area contributed by atoms with E-state index < -0.39 is 7.12 Å². The monoisotopic (exact) mass is 146 g/mol. The summed E-state index contributed by atoms with van der Waals surface area (Å²) in [4.78, 5) is 0. The number of nitrogens with zero attached hydrogens (tertiary/aromatic N) is 1. The highest BCUT2D eigenvalue weighted by atomic mass is 16.4. The lowest BCUT2D eigenvalue weighted by Gasteiger charge is -1.75. The maximum absolute atomic E-state index is 7.80. The molecule has 0 atom stereocenters. The molecule has 0 aliphatic heterocycles. The normalized spacial score (nSPS) is 9.30. The molecule has 0 aromatic rings. The lowest BCUT2D eigenvalue weighted by Crippen LogP contribution is -2.03. The molecule has 0 saturated carbocycles. The van der Waals surface area contributed by atoms with Crippen LogP contribution < -0.4 is 5.73 Å². The first-order valence-electron chi connectivity index (χ1n) is 2.47. The molecule has 0 aromatic carbocycles. The summed E-state index contributed by atoms with van der Waals surface area (Å²) in [6, 6.07) is 0. The molecule has 5 N–H and O–H groups in total. The fourth-order valence-corrected chi connectivity index (χ4v) is 0. The molecule has 0 bridgehead atoms. The second-order valence-electron chi connectivity index (χ2n) is 1.39. The molecule has 58 valence electrons. The van der Waals surface area contributed by atoms with Crippen LogP contribution in [0.15, 0.2) is 17.7 Å². The minimum absolute atomic E-state index is 0.185. The second-order valence-corrected chi connectivity index (χ2v) is 1.39. The lowest BCUT2D eigenvalue weighted by atomic mass is 9.94. The van der Waals surface area contributed by atoms with E-state index in [1.807, 2.05) is 0 Å². The fraction of sp³-hybridized carbons (Fsp3) is 0.250. The van der Waals surface area contributed by atoms with E-state index in [9.17, 15) is 0 Å². The molecular formula is C4H11BN2O3. The Balaban J connectivity index is 0. The van der Waals surface area contributed by atoms with Gasteiger partial charge in [0.25, 0.3) is 0 Å². The summed E-state index contributed by atoms with van der Waals surface area (Å²) in [7, 11) is -1.35. The molecule has 0 aliphatic carbocycles. The van der Waals surface area contributed by atoms with E-state index in [0.29, 0.717) is 0 Å². The first kappa shape index (κ1) is 11.8. The Morgan fingerprint density at radius 1 is 1.70 bits per heavy atom. The largest absolute Gasteiger partial charge is 0.480 e. The number of hydrogen-bond donors (Lipinski definition) is 4. The molecule has 0 spiro atoms. The van der Waals surface area contributed by atoms with Crippen molar-refractivity contribution >= 4 is 13.0 Å². The first-order chi connectivity index (χ1) is 4.54. The lowest BCUT2D eigenvalue weighted by molar-refractivity contribution is 0.318. The maximum atomic E-state index is 7.80. The van der Waals surface area contributed by atoms with Crippen molar-refractivity contribution in [3.8, 4) is 0 Å². The van der Waals surface area contributed by atoms with Crippen molar-refractivity contribution in [3.63, 3.8) is 0 Å². The molecular weight excluding hydrogens is 135 g/mol. The number of rotatable bonds is 1. The molecule has 0 unspecified atom stereocenters. The Labute approximate surface area is 59.6 Å². The van der Waals surface area contributed by atoms with E-state index in [1.54, 1.807) is 0 Å². The zero-order valence-electron chi connectivity index (χ0n) is 5.73. The molecule has 0 fully saturated rings. The molecule has 0 radical (unpaired) electrons. The topological polar surface area (TPSA) is 99.1 Å². The summed E-state index contributed by atoms with van der Waals surface area (Å²) >= 11 is 0. The standard InChI is InChI=1S/C2H5BO2.C2H6N2O/c1-2-3(4)5;1-2(3)4-5/h2,4-5H,1H2;5H,1H3,(H2,3,4). The minimum atomic E-state index is -1.35. The highest BCUT2D eigenvalue weighted by molar-refractivity contribution is 6.47. The van der Waals surface area contributed by atoms with Crippen molar-refractivity contribution < 1.29 is 15.3 Å². The molecule has 6 heteroatoms. The van der Waals surface area contributed by atoms with Crippen LogP contribution in [0, 0.1) is 0 Å². The quantitative estimate of drug-likeness (QED) is 0.124. The van der Waals surface area contributed by atoms with Gasteiger partial charge in [0.1, 0.15) is 5.84 Å². The van der Waals surface area contributed by atoms with Gasteiger partial charge < -0.3 is 21.0 Å². The van der Waals surface area contributed by atoms with Gasteiger partial charge in [-0.15, -0.1) is 6.58 Å². The Morgan fingerprint density at radius 2 is 1.90 bits per heavy atom. The van der Waals surface area contributed by atoms with Gasteiger partial charge in [0.05, 0.1) is 0 Å². The Kier molecular flexibility index (Phi) is 9.39. The van der Waals surface area contributed by atoms with E-state index in [1.165, 1.54) is 6.92 Å². The van der Waals surface area contributed by atoms with Gasteiger partial charge >= 0.3 is 7.12 Å². The minimum Gasteiger partial charge on any atom is -0.424 e. The number of nitrogens with two attached hydrogens (primary N) is 1. The summed E-state index contributed by atoms with van der Waals surface area (Å²) in [5, 5.41) is 25.8. The first-order valence-corrected chi connectivity index (χ1v) is 2.47. The summed E-state index contributed by atoms with van der Waals surface area (Å²) < 4.78 is 0. The van der Waals surface area contributed by atoms with E-state index in [-0.39, 0.29) is 5.84 Å². The molecule has 0 aromatic heterocycles. The fourth-order valence-electron chi connectivity index (χ4n) is 0. The SMILES string of the molecule is C/C(N)=N/O.C=CB(O)O. The third-order valence-corrected chi connectivity index (χ3v) is 0.369. The Morgan fingerprint density at radius 3 is 1.90 bits per heavy atom. The summed E-state index contributed by atoms with van der Waals surface area (Å²) in [6.07, 6.45) is 0. The molecule has 0 aliphatic rings. The van der Waals surface area contributed by atoms with Crippen LogP contribution in [0.25, 0.3) is 0 Å². The molecule has 0 saturated heterocycles. The van der Waals surface area contributed by atoms with Gasteiger partial charge in [-0.3, -0.25) is 0 Å². The predicted octanol–water partition coefficient (Wildman–Crippen LogP) is -1.06. The molecule has 0 heterocycles. The van der Waals surface area contributed by atoms with E-state index in [2.05, 4.69) is 11.7 Å². The summed E-state index contributed by atoms with van der Waals surface area (Å²) in [5.74, 6) is 1.21. The van der Waals surface area contributed by atoms with Crippen molar-refractivity contribution in [1.82, 2.24) is 0 Å². The smallest absolute Gasteiger partial charge is 0.424 e. The molecule has 5 nitrogen and oxygen atoms in total. The van der Waals surface area contributed by atoms with Gasteiger partial charge in [-0.25, -0.2) is 0 Å². The van der Waals surface area contributed by atoms with Crippen molar-refractivity contribution in [2.45, 2.75) is 6.92 Å². The average molecular weight is 146 g/mol. The van der Waals surface area contributed by atoms with Gasteiger partial charge in [-0.2, -0.15) is 0 Å². The van der Waals surface area contributed by atoms with Crippen LogP contribution in [0.5, 0.6) is 0 Å². The summed E-state index contributed by atoms with van der Waals surface area (Å²) in [6.45, 7) is 4.56. The van der Waals surface area contributed by atoms with Crippen LogP contribution >= 0.6 is 0 Å². The van der Waals surface area contributed by atoms with E-state index in [4.69, 9.17) is 21.0 Å². The number of oxime groups is 1. The van der Waals surface area contributed by atoms with Gasteiger partial charge in [0, 0.05) is 0 Å². The molecule has 10 heavy (non-hydrogen) atoms. The van der Waals surface area contributed by atoms with Crippen LogP contribution in [-0.4, -0.2) is 28.2 Å². The Bertz CT molecular complexity index is 111. The zero-order valence-corrected chi connectivity index (χ0v) is 5.73. The van der Waals surface area contributed by atoms with Crippen LogP contribution in [0.4, 0.5) is 0 Å². The van der Waals surface area contributed by atoms with Crippen LogP contribution in [0.3, 0.4) is 0 Å². The van der Waals surface area contributed by atoms with Gasteiger partial charge in [0.15, 0.2) is 0 Å². The van der Waals surface area contributed by atoms with Crippen molar-refractivity contribution in [2.24, 2.45) is 10.9 Å². The van der Waals surface area contributed by atoms with Crippen molar-refractivity contribution in [2.75, 3.05) is 0 Å². The predicted molar refractivity (Wildman–Crippen MR) is 39.5 cm³/mol. The Hall–Kier alpha value is -1.01. The van der Waals surface area contributed by atoms with Crippen LogP contribution in [-0.2, 0) is 0 Å². The van der Waals surface area contributed by atoms with Crippen molar-refractivity contribution in [1.29, 1.82) is 0 Å². The third kappa shape index (κ3) is 28.0. The van der Waals surface area contributed by atoms with Crippen LogP contribution in [0.1, 0.15) is 6.92 Å².